The average molecular weight is 504 g/mol. The molecular formula is C28H33N5O4. The molecule has 0 radical (unpaired) electrons. The van der Waals surface area contributed by atoms with Crippen LogP contribution in [0, 0.1) is 0 Å². The van der Waals surface area contributed by atoms with Gasteiger partial charge in [-0.3, -0.25) is 0 Å². The molecule has 2 aliphatic rings. The van der Waals surface area contributed by atoms with E-state index in [1.807, 2.05) is 60.4 Å². The summed E-state index contributed by atoms with van der Waals surface area (Å²) in [5.74, 6) is 3.27. The zero-order valence-corrected chi connectivity index (χ0v) is 21.4. The second-order valence-corrected chi connectivity index (χ2v) is 9.04. The topological polar surface area (TPSA) is 89.0 Å². The molecule has 0 aliphatic carbocycles. The number of methoxy groups -OCH3 is 1. The molecule has 1 N–H and O–H groups in total. The summed E-state index contributed by atoms with van der Waals surface area (Å²) in [4.78, 5) is 27.2. The van der Waals surface area contributed by atoms with Gasteiger partial charge in [-0.05, 0) is 37.3 Å². The van der Waals surface area contributed by atoms with E-state index < -0.39 is 0 Å². The molecule has 2 amide bonds. The van der Waals surface area contributed by atoms with Crippen LogP contribution in [0.4, 0.5) is 16.3 Å². The Morgan fingerprint density at radius 1 is 1.05 bits per heavy atom. The van der Waals surface area contributed by atoms with Crippen molar-refractivity contribution in [1.29, 1.82) is 0 Å². The first-order chi connectivity index (χ1) is 18.1. The van der Waals surface area contributed by atoms with E-state index >= 15 is 0 Å². The highest BCUT2D eigenvalue weighted by Crippen LogP contribution is 2.29. The van der Waals surface area contributed by atoms with E-state index in [0.29, 0.717) is 45.8 Å². The van der Waals surface area contributed by atoms with E-state index in [1.165, 1.54) is 0 Å². The van der Waals surface area contributed by atoms with Crippen molar-refractivity contribution in [1.82, 2.24) is 14.9 Å². The van der Waals surface area contributed by atoms with Gasteiger partial charge >= 0.3 is 6.03 Å². The number of urea groups is 1. The summed E-state index contributed by atoms with van der Waals surface area (Å²) in [7, 11) is 1.68. The first-order valence-corrected chi connectivity index (χ1v) is 12.8. The van der Waals surface area contributed by atoms with Crippen molar-refractivity contribution in [3.05, 3.63) is 71.2 Å². The third kappa shape index (κ3) is 5.77. The van der Waals surface area contributed by atoms with E-state index in [-0.39, 0.29) is 6.03 Å². The van der Waals surface area contributed by atoms with Crippen molar-refractivity contribution >= 4 is 17.5 Å². The lowest BCUT2D eigenvalue weighted by atomic mass is 10.0. The van der Waals surface area contributed by atoms with Crippen molar-refractivity contribution in [2.45, 2.75) is 26.3 Å². The third-order valence-corrected chi connectivity index (χ3v) is 6.64. The second kappa shape index (κ2) is 11.5. The summed E-state index contributed by atoms with van der Waals surface area (Å²) in [5.41, 5.74) is 3.80. The van der Waals surface area contributed by atoms with E-state index in [0.717, 1.165) is 58.7 Å². The van der Waals surface area contributed by atoms with Crippen LogP contribution < -0.4 is 19.7 Å². The van der Waals surface area contributed by atoms with Crippen LogP contribution in [0.1, 0.15) is 29.6 Å². The lowest BCUT2D eigenvalue weighted by Crippen LogP contribution is -2.42. The van der Waals surface area contributed by atoms with Crippen LogP contribution in [0.15, 0.2) is 48.5 Å². The lowest BCUT2D eigenvalue weighted by molar-refractivity contribution is 0.122. The monoisotopic (exact) mass is 503 g/mol. The maximum absolute atomic E-state index is 13.1. The molecule has 0 saturated carbocycles. The summed E-state index contributed by atoms with van der Waals surface area (Å²) in [5, 5.41) is 3.01. The molecule has 3 heterocycles. The van der Waals surface area contributed by atoms with Crippen LogP contribution in [-0.2, 0) is 24.1 Å². The van der Waals surface area contributed by atoms with Gasteiger partial charge in [-0.2, -0.15) is 0 Å². The van der Waals surface area contributed by atoms with E-state index in [4.69, 9.17) is 24.2 Å². The molecule has 0 atom stereocenters. The van der Waals surface area contributed by atoms with Crippen LogP contribution in [-0.4, -0.2) is 67.5 Å². The highest BCUT2D eigenvalue weighted by molar-refractivity contribution is 5.89. The number of carbonyl (C=O) groups excluding carboxylic acids is 1. The highest BCUT2D eigenvalue weighted by atomic mass is 16.5. The molecule has 1 saturated heterocycles. The number of anilines is 2. The number of hydrogen-bond donors (Lipinski definition) is 1. The fraction of sp³-hybridized carbons (Fsp3) is 0.393. The predicted octanol–water partition coefficient (Wildman–Crippen LogP) is 3.90. The van der Waals surface area contributed by atoms with Crippen molar-refractivity contribution in [2.24, 2.45) is 0 Å². The molecule has 194 valence electrons. The maximum Gasteiger partial charge on any atom is 0.322 e. The molecule has 0 bridgehead atoms. The Labute approximate surface area is 217 Å². The predicted molar refractivity (Wildman–Crippen MR) is 142 cm³/mol. The van der Waals surface area contributed by atoms with Crippen LogP contribution in [0.2, 0.25) is 0 Å². The van der Waals surface area contributed by atoms with Crippen molar-refractivity contribution in [3.8, 4) is 11.5 Å². The Kier molecular flexibility index (Phi) is 7.70. The third-order valence-electron chi connectivity index (χ3n) is 6.64. The Bertz CT molecular complexity index is 1230. The Morgan fingerprint density at radius 3 is 2.59 bits per heavy atom. The number of morpholine rings is 1. The molecular weight excluding hydrogens is 470 g/mol. The molecule has 1 fully saturated rings. The van der Waals surface area contributed by atoms with Gasteiger partial charge in [-0.1, -0.05) is 18.2 Å². The van der Waals surface area contributed by atoms with E-state index in [1.54, 1.807) is 7.11 Å². The summed E-state index contributed by atoms with van der Waals surface area (Å²) in [6, 6.07) is 15.3. The standard InChI is InChI=1S/C28H33N5O4/c1-3-37-22-10-8-21(9-11-22)29-28(34)33-13-12-24-23(19-33)27(32-14-16-36-17-15-32)31-26(30-24)18-20-6-4-5-7-25(20)35-2/h4-11H,3,12-19H2,1-2H3,(H,29,34). The number of carbonyl (C=O) groups is 1. The molecule has 2 aliphatic heterocycles. The Balaban J connectivity index is 1.38. The molecule has 9 nitrogen and oxygen atoms in total. The largest absolute Gasteiger partial charge is 0.496 e. The van der Waals surface area contributed by atoms with E-state index in [9.17, 15) is 4.79 Å². The lowest BCUT2D eigenvalue weighted by Gasteiger charge is -2.34. The van der Waals surface area contributed by atoms with Gasteiger partial charge in [0.05, 0.1) is 39.2 Å². The van der Waals surface area contributed by atoms with Gasteiger partial charge in [-0.15, -0.1) is 0 Å². The fourth-order valence-electron chi connectivity index (χ4n) is 4.76. The fourth-order valence-corrected chi connectivity index (χ4v) is 4.76. The average Bonchev–Trinajstić information content (AvgIpc) is 2.94. The molecule has 2 aromatic carbocycles. The van der Waals surface area contributed by atoms with Gasteiger partial charge in [0.25, 0.3) is 0 Å². The van der Waals surface area contributed by atoms with Gasteiger partial charge in [0.1, 0.15) is 23.1 Å². The molecule has 5 rings (SSSR count). The maximum atomic E-state index is 13.1. The zero-order chi connectivity index (χ0) is 25.6. The highest BCUT2D eigenvalue weighted by Gasteiger charge is 2.28. The van der Waals surface area contributed by atoms with Crippen LogP contribution in [0.25, 0.3) is 0 Å². The summed E-state index contributed by atoms with van der Waals surface area (Å²) in [6.45, 7) is 6.42. The quantitative estimate of drug-likeness (QED) is 0.523. The number of rotatable bonds is 7. The number of amides is 2. The molecule has 3 aromatic rings. The van der Waals surface area contributed by atoms with Gasteiger partial charge in [0, 0.05) is 49.3 Å². The number of ether oxygens (including phenoxy) is 3. The number of para-hydroxylation sites is 1. The number of benzene rings is 2. The smallest absolute Gasteiger partial charge is 0.322 e. The minimum Gasteiger partial charge on any atom is -0.496 e. The Hall–Kier alpha value is -3.85. The molecule has 37 heavy (non-hydrogen) atoms. The number of nitrogens with one attached hydrogen (secondary N) is 1. The van der Waals surface area contributed by atoms with Crippen LogP contribution in [0.5, 0.6) is 11.5 Å². The number of hydrogen-bond acceptors (Lipinski definition) is 7. The van der Waals surface area contributed by atoms with Gasteiger partial charge < -0.3 is 29.3 Å². The first kappa shape index (κ1) is 24.8. The Morgan fingerprint density at radius 2 is 1.84 bits per heavy atom. The van der Waals surface area contributed by atoms with Crippen molar-refractivity contribution in [3.63, 3.8) is 0 Å². The second-order valence-electron chi connectivity index (χ2n) is 9.04. The number of fused-ring (bicyclic) bond motifs is 1. The summed E-state index contributed by atoms with van der Waals surface area (Å²) in [6.07, 6.45) is 1.25. The minimum absolute atomic E-state index is 0.138. The normalized spacial score (nSPS) is 15.2. The van der Waals surface area contributed by atoms with E-state index in [2.05, 4.69) is 10.2 Å². The summed E-state index contributed by atoms with van der Waals surface area (Å²) >= 11 is 0. The van der Waals surface area contributed by atoms with Crippen LogP contribution >= 0.6 is 0 Å². The molecule has 1 aromatic heterocycles. The number of nitrogens with zero attached hydrogens (tertiary/aromatic N) is 4. The molecule has 9 heteroatoms. The zero-order valence-electron chi connectivity index (χ0n) is 21.4. The van der Waals surface area contributed by atoms with Gasteiger partial charge in [0.15, 0.2) is 0 Å². The number of aromatic nitrogens is 2. The van der Waals surface area contributed by atoms with Crippen LogP contribution in [0.3, 0.4) is 0 Å². The van der Waals surface area contributed by atoms with Gasteiger partial charge in [-0.25, -0.2) is 14.8 Å². The SMILES string of the molecule is CCOc1ccc(NC(=O)N2CCc3nc(Cc4ccccc4OC)nc(N4CCOCC4)c3C2)cc1. The molecule has 0 unspecified atom stereocenters. The van der Waals surface area contributed by atoms with Crippen molar-refractivity contribution < 1.29 is 19.0 Å². The van der Waals surface area contributed by atoms with Crippen molar-refractivity contribution in [2.75, 3.05) is 56.8 Å². The van der Waals surface area contributed by atoms with Gasteiger partial charge in [0.2, 0.25) is 0 Å². The molecule has 0 spiro atoms. The summed E-state index contributed by atoms with van der Waals surface area (Å²) < 4.78 is 16.6. The first-order valence-electron chi connectivity index (χ1n) is 12.8. The minimum atomic E-state index is -0.138.